The minimum atomic E-state index is -0.352. The fraction of sp³-hybridized carbons (Fsp3) is 0.846. The van der Waals surface area contributed by atoms with Gasteiger partial charge < -0.3 is 14.6 Å². The largest absolute Gasteiger partial charge is 0.367 e. The van der Waals surface area contributed by atoms with Crippen molar-refractivity contribution >= 4 is 0 Å². The average molecular weight is 251 g/mol. The molecule has 0 spiro atoms. The van der Waals surface area contributed by atoms with Gasteiger partial charge in [0.15, 0.2) is 0 Å². The highest BCUT2D eigenvalue weighted by atomic mass is 16.5. The Hall–Kier alpha value is -0.940. The summed E-state index contributed by atoms with van der Waals surface area (Å²) in [6.07, 6.45) is 4.34. The van der Waals surface area contributed by atoms with E-state index in [2.05, 4.69) is 29.3 Å². The fourth-order valence-corrected chi connectivity index (χ4v) is 2.91. The molecule has 2 aliphatic heterocycles. The van der Waals surface area contributed by atoms with Crippen LogP contribution < -0.4 is 5.32 Å². The fourth-order valence-electron chi connectivity index (χ4n) is 2.91. The van der Waals surface area contributed by atoms with Crippen LogP contribution in [-0.4, -0.2) is 29.3 Å². The van der Waals surface area contributed by atoms with Crippen LogP contribution in [0.4, 0.5) is 0 Å². The molecule has 1 aromatic heterocycles. The number of rotatable bonds is 2. The highest BCUT2D eigenvalue weighted by Gasteiger charge is 2.37. The van der Waals surface area contributed by atoms with Crippen LogP contribution in [0.25, 0.3) is 0 Å². The van der Waals surface area contributed by atoms with Gasteiger partial charge in [0.2, 0.25) is 11.7 Å². The van der Waals surface area contributed by atoms with E-state index in [1.165, 1.54) is 6.42 Å². The summed E-state index contributed by atoms with van der Waals surface area (Å²) in [5.74, 6) is 1.83. The van der Waals surface area contributed by atoms with Crippen LogP contribution in [0.2, 0.25) is 0 Å². The first-order valence-electron chi connectivity index (χ1n) is 6.90. The number of aromatic nitrogens is 2. The maximum absolute atomic E-state index is 5.85. The van der Waals surface area contributed by atoms with Crippen LogP contribution in [0, 0.1) is 0 Å². The molecule has 2 fully saturated rings. The summed E-state index contributed by atoms with van der Waals surface area (Å²) in [7, 11) is 0. The van der Waals surface area contributed by atoms with E-state index in [-0.39, 0.29) is 5.60 Å². The van der Waals surface area contributed by atoms with Crippen molar-refractivity contribution in [3.63, 3.8) is 0 Å². The van der Waals surface area contributed by atoms with Crippen molar-refractivity contribution in [2.45, 2.75) is 57.1 Å². The third-order valence-corrected chi connectivity index (χ3v) is 4.23. The molecule has 3 rings (SSSR count). The molecule has 1 N–H and O–H groups in total. The molecule has 3 unspecified atom stereocenters. The van der Waals surface area contributed by atoms with Crippen molar-refractivity contribution in [1.29, 1.82) is 0 Å². The summed E-state index contributed by atoms with van der Waals surface area (Å²) in [5, 5.41) is 7.56. The lowest BCUT2D eigenvalue weighted by molar-refractivity contribution is -0.0770. The van der Waals surface area contributed by atoms with Gasteiger partial charge in [-0.1, -0.05) is 5.16 Å². The van der Waals surface area contributed by atoms with Gasteiger partial charge in [0.05, 0.1) is 5.92 Å². The zero-order valence-electron chi connectivity index (χ0n) is 11.1. The Morgan fingerprint density at radius 1 is 1.39 bits per heavy atom. The normalized spacial score (nSPS) is 37.0. The molecule has 0 aromatic carbocycles. The standard InChI is InChI=1S/C13H21N3O2/c1-9-10(5-7-14-9)11-15-12(16-18-11)13(2)6-3-4-8-17-13/h9-10,14H,3-8H2,1-2H3. The van der Waals surface area contributed by atoms with Gasteiger partial charge in [-0.2, -0.15) is 4.98 Å². The second kappa shape index (κ2) is 4.63. The molecule has 0 aliphatic carbocycles. The Kier molecular flexibility index (Phi) is 3.11. The van der Waals surface area contributed by atoms with E-state index in [0.717, 1.165) is 44.1 Å². The third-order valence-electron chi connectivity index (χ3n) is 4.23. The highest BCUT2D eigenvalue weighted by molar-refractivity contribution is 5.06. The van der Waals surface area contributed by atoms with Gasteiger partial charge >= 0.3 is 0 Å². The molecule has 2 aliphatic rings. The minimum Gasteiger partial charge on any atom is -0.367 e. The van der Waals surface area contributed by atoms with Crippen LogP contribution in [0.15, 0.2) is 4.52 Å². The highest BCUT2D eigenvalue weighted by Crippen LogP contribution is 2.34. The van der Waals surface area contributed by atoms with Crippen LogP contribution in [0.3, 0.4) is 0 Å². The smallest absolute Gasteiger partial charge is 0.231 e. The van der Waals surface area contributed by atoms with Crippen LogP contribution in [0.5, 0.6) is 0 Å². The van der Waals surface area contributed by atoms with Gasteiger partial charge in [-0.25, -0.2) is 0 Å². The van der Waals surface area contributed by atoms with Gasteiger partial charge in [0.25, 0.3) is 0 Å². The second-order valence-electron chi connectivity index (χ2n) is 5.63. The Bertz CT molecular complexity index is 412. The zero-order valence-corrected chi connectivity index (χ0v) is 11.1. The molecule has 0 amide bonds. The van der Waals surface area contributed by atoms with E-state index in [1.54, 1.807) is 0 Å². The van der Waals surface area contributed by atoms with E-state index < -0.39 is 0 Å². The topological polar surface area (TPSA) is 60.2 Å². The molecule has 100 valence electrons. The predicted molar refractivity (Wildman–Crippen MR) is 66.3 cm³/mol. The van der Waals surface area contributed by atoms with E-state index in [0.29, 0.717) is 12.0 Å². The van der Waals surface area contributed by atoms with Crippen molar-refractivity contribution in [3.05, 3.63) is 11.7 Å². The molecule has 18 heavy (non-hydrogen) atoms. The molecule has 0 radical (unpaired) electrons. The monoisotopic (exact) mass is 251 g/mol. The van der Waals surface area contributed by atoms with Crippen molar-refractivity contribution in [2.24, 2.45) is 0 Å². The number of hydrogen-bond acceptors (Lipinski definition) is 5. The molecular formula is C13H21N3O2. The second-order valence-corrected chi connectivity index (χ2v) is 5.63. The first kappa shape index (κ1) is 12.1. The average Bonchev–Trinajstić information content (AvgIpc) is 2.98. The molecule has 5 heteroatoms. The predicted octanol–water partition coefficient (Wildman–Crippen LogP) is 1.95. The molecular weight excluding hydrogens is 230 g/mol. The van der Waals surface area contributed by atoms with Gasteiger partial charge in [0.1, 0.15) is 5.60 Å². The summed E-state index contributed by atoms with van der Waals surface area (Å²) >= 11 is 0. The summed E-state index contributed by atoms with van der Waals surface area (Å²) in [6.45, 7) is 6.05. The Morgan fingerprint density at radius 2 is 2.28 bits per heavy atom. The number of nitrogens with zero attached hydrogens (tertiary/aromatic N) is 2. The maximum atomic E-state index is 5.85. The first-order valence-corrected chi connectivity index (χ1v) is 6.90. The van der Waals surface area contributed by atoms with Crippen molar-refractivity contribution in [1.82, 2.24) is 15.5 Å². The lowest BCUT2D eigenvalue weighted by Crippen LogP contribution is -2.31. The Balaban J connectivity index is 1.80. The van der Waals surface area contributed by atoms with Crippen molar-refractivity contribution < 1.29 is 9.26 Å². The molecule has 1 aromatic rings. The van der Waals surface area contributed by atoms with Crippen LogP contribution in [-0.2, 0) is 10.3 Å². The number of nitrogens with one attached hydrogen (secondary N) is 1. The SMILES string of the molecule is CC1NCCC1c1nc(C2(C)CCCCO2)no1. The van der Waals surface area contributed by atoms with Gasteiger partial charge in [-0.3, -0.25) is 0 Å². The zero-order chi connectivity index (χ0) is 12.6. The molecule has 0 bridgehead atoms. The van der Waals surface area contributed by atoms with Gasteiger partial charge in [0, 0.05) is 12.6 Å². The van der Waals surface area contributed by atoms with Gasteiger partial charge in [-0.05, 0) is 46.1 Å². The minimum absolute atomic E-state index is 0.346. The summed E-state index contributed by atoms with van der Waals surface area (Å²) in [6, 6.07) is 0.415. The summed E-state index contributed by atoms with van der Waals surface area (Å²) < 4.78 is 11.3. The van der Waals surface area contributed by atoms with E-state index >= 15 is 0 Å². The van der Waals surface area contributed by atoms with Gasteiger partial charge in [-0.15, -0.1) is 0 Å². The molecule has 3 atom stereocenters. The lowest BCUT2D eigenvalue weighted by atomic mass is 9.95. The van der Waals surface area contributed by atoms with E-state index in [1.807, 2.05) is 0 Å². The molecule has 2 saturated heterocycles. The van der Waals surface area contributed by atoms with Crippen molar-refractivity contribution in [3.8, 4) is 0 Å². The van der Waals surface area contributed by atoms with Crippen LogP contribution >= 0.6 is 0 Å². The maximum Gasteiger partial charge on any atom is 0.231 e. The van der Waals surface area contributed by atoms with Crippen molar-refractivity contribution in [2.75, 3.05) is 13.2 Å². The molecule has 5 nitrogen and oxygen atoms in total. The third kappa shape index (κ3) is 2.06. The quantitative estimate of drug-likeness (QED) is 0.870. The number of ether oxygens (including phenoxy) is 1. The van der Waals surface area contributed by atoms with Crippen LogP contribution in [0.1, 0.15) is 57.2 Å². The lowest BCUT2D eigenvalue weighted by Gasteiger charge is -2.30. The first-order chi connectivity index (χ1) is 8.69. The van der Waals surface area contributed by atoms with E-state index in [4.69, 9.17) is 9.26 Å². The number of hydrogen-bond donors (Lipinski definition) is 1. The molecule has 3 heterocycles. The Labute approximate surface area is 107 Å². The Morgan fingerprint density at radius 3 is 2.94 bits per heavy atom. The summed E-state index contributed by atoms with van der Waals surface area (Å²) in [5.41, 5.74) is -0.352. The van der Waals surface area contributed by atoms with E-state index in [9.17, 15) is 0 Å². The molecule has 0 saturated carbocycles. The summed E-state index contributed by atoms with van der Waals surface area (Å²) in [4.78, 5) is 4.60.